The molecule has 9 nitrogen and oxygen atoms in total. The number of rotatable bonds is 9. The molecule has 0 bridgehead atoms. The lowest BCUT2D eigenvalue weighted by Gasteiger charge is -2.48. The van der Waals surface area contributed by atoms with Gasteiger partial charge in [-0.1, -0.05) is 60.3 Å². The van der Waals surface area contributed by atoms with Gasteiger partial charge in [0.15, 0.2) is 12.4 Å². The molecule has 6 atom stereocenters. The van der Waals surface area contributed by atoms with Crippen LogP contribution in [0.5, 0.6) is 0 Å². The van der Waals surface area contributed by atoms with Gasteiger partial charge in [0.25, 0.3) is 0 Å². The predicted molar refractivity (Wildman–Crippen MR) is 129 cm³/mol. The molecule has 2 aromatic rings. The van der Waals surface area contributed by atoms with E-state index < -0.39 is 48.0 Å². The average Bonchev–Trinajstić information content (AvgIpc) is 2.88. The molecule has 0 spiro atoms. The van der Waals surface area contributed by atoms with Crippen molar-refractivity contribution < 1.29 is 38.2 Å². The number of carbonyl (C=O) groups is 3. The van der Waals surface area contributed by atoms with E-state index in [0.29, 0.717) is 0 Å². The number of thioether (sulfide) groups is 1. The minimum Gasteiger partial charge on any atom is -0.458 e. The fraction of sp³-hybridized carbons (Fsp3) is 0.423. The quantitative estimate of drug-likeness (QED) is 0.394. The van der Waals surface area contributed by atoms with Crippen molar-refractivity contribution in [1.29, 1.82) is 0 Å². The second-order valence-corrected chi connectivity index (χ2v) is 9.72. The number of esters is 1. The van der Waals surface area contributed by atoms with E-state index in [1.54, 1.807) is 0 Å². The monoisotopic (exact) mass is 515 g/mol. The van der Waals surface area contributed by atoms with Crippen molar-refractivity contribution in [3.8, 4) is 0 Å². The molecule has 192 valence electrons. The van der Waals surface area contributed by atoms with E-state index in [1.807, 2.05) is 60.7 Å². The summed E-state index contributed by atoms with van der Waals surface area (Å²) in [6.45, 7) is 2.89. The third-order valence-corrected chi connectivity index (χ3v) is 6.87. The van der Waals surface area contributed by atoms with Crippen LogP contribution in [-0.4, -0.2) is 54.1 Å². The van der Waals surface area contributed by atoms with E-state index in [-0.39, 0.29) is 25.2 Å². The van der Waals surface area contributed by atoms with Gasteiger partial charge in [-0.3, -0.25) is 9.59 Å². The van der Waals surface area contributed by atoms with E-state index in [1.165, 1.54) is 25.6 Å². The van der Waals surface area contributed by atoms with Crippen LogP contribution in [-0.2, 0) is 38.2 Å². The summed E-state index contributed by atoms with van der Waals surface area (Å²) in [5.41, 5.74) is 2.94. The Balaban J connectivity index is 1.62. The molecule has 0 aliphatic carbocycles. The number of hydrogen-bond donors (Lipinski definition) is 1. The molecule has 36 heavy (non-hydrogen) atoms. The smallest absolute Gasteiger partial charge is 0.321 e. The second kappa shape index (κ2) is 12.5. The molecule has 2 aliphatic heterocycles. The first-order valence-electron chi connectivity index (χ1n) is 11.7. The normalized spacial score (nSPS) is 27.5. The fourth-order valence-corrected chi connectivity index (χ4v) is 5.13. The summed E-state index contributed by atoms with van der Waals surface area (Å²) < 4.78 is 24.5. The van der Waals surface area contributed by atoms with Crippen molar-refractivity contribution in [3.63, 3.8) is 0 Å². The Morgan fingerprint density at radius 1 is 0.972 bits per heavy atom. The number of ether oxygens (including phenoxy) is 4. The lowest BCUT2D eigenvalue weighted by atomic mass is 9.97. The van der Waals surface area contributed by atoms with Crippen LogP contribution < -0.4 is 5.48 Å². The summed E-state index contributed by atoms with van der Waals surface area (Å²) in [4.78, 5) is 41.9. The lowest BCUT2D eigenvalue weighted by molar-refractivity contribution is -0.312. The number of hydroxylamine groups is 1. The SMILES string of the molecule is CC(=O)CCC(=O)O[C@@H]1[C@H](NOC(C)=O)[C@H](Sc2ccccc2)O[C@@H]2CO[C@H](c3ccccc3)O[C@H]12. The van der Waals surface area contributed by atoms with Gasteiger partial charge in [-0.05, 0) is 19.1 Å². The van der Waals surface area contributed by atoms with Gasteiger partial charge in [-0.2, -0.15) is 0 Å². The van der Waals surface area contributed by atoms with Crippen molar-refractivity contribution in [2.45, 2.75) is 67.7 Å². The summed E-state index contributed by atoms with van der Waals surface area (Å²) in [6, 6.07) is 18.2. The number of nitrogens with one attached hydrogen (secondary N) is 1. The predicted octanol–water partition coefficient (Wildman–Crippen LogP) is 3.34. The molecule has 0 aromatic heterocycles. The molecule has 2 saturated heterocycles. The summed E-state index contributed by atoms with van der Waals surface area (Å²) >= 11 is 1.39. The molecule has 1 N–H and O–H groups in total. The first kappa shape index (κ1) is 26.3. The molecule has 10 heteroatoms. The number of Topliss-reactive ketones (excluding diaryl/α,β-unsaturated/α-hetero) is 1. The van der Waals surface area contributed by atoms with Crippen LogP contribution in [0.1, 0.15) is 38.5 Å². The summed E-state index contributed by atoms with van der Waals surface area (Å²) in [7, 11) is 0. The highest BCUT2D eigenvalue weighted by molar-refractivity contribution is 7.99. The largest absolute Gasteiger partial charge is 0.458 e. The number of fused-ring (bicyclic) bond motifs is 1. The van der Waals surface area contributed by atoms with Gasteiger partial charge in [0, 0.05) is 23.8 Å². The zero-order valence-electron chi connectivity index (χ0n) is 20.0. The molecule has 0 amide bonds. The second-order valence-electron chi connectivity index (χ2n) is 8.54. The number of ketones is 1. The van der Waals surface area contributed by atoms with E-state index in [0.717, 1.165) is 10.5 Å². The maximum atomic E-state index is 12.7. The van der Waals surface area contributed by atoms with E-state index >= 15 is 0 Å². The van der Waals surface area contributed by atoms with Crippen molar-refractivity contribution in [2.24, 2.45) is 0 Å². The van der Waals surface area contributed by atoms with Crippen molar-refractivity contribution in [2.75, 3.05) is 6.61 Å². The highest BCUT2D eigenvalue weighted by atomic mass is 32.2. The van der Waals surface area contributed by atoms with Gasteiger partial charge >= 0.3 is 11.9 Å². The van der Waals surface area contributed by atoms with Crippen LogP contribution in [0.4, 0.5) is 0 Å². The molecule has 2 aliphatic rings. The third kappa shape index (κ3) is 6.92. The molecule has 2 heterocycles. The minimum absolute atomic E-state index is 0.0665. The Labute approximate surface area is 213 Å². The average molecular weight is 516 g/mol. The standard InChI is InChI=1S/C26H29NO8S/c1-16(28)13-14-21(30)33-24-22(27-35-17(2)29)26(36-19-11-7-4-8-12-19)32-20-15-31-25(34-23(20)24)18-9-5-3-6-10-18/h3-12,20,22-27H,13-15H2,1-2H3/t20-,22+,23+,24-,25+,26+/m1/s1. The van der Waals surface area contributed by atoms with Gasteiger partial charge in [0.05, 0.1) is 13.0 Å². The first-order valence-corrected chi connectivity index (χ1v) is 12.6. The van der Waals surface area contributed by atoms with Crippen molar-refractivity contribution in [1.82, 2.24) is 5.48 Å². The highest BCUT2D eigenvalue weighted by Gasteiger charge is 2.52. The maximum absolute atomic E-state index is 12.7. The molecule has 0 unspecified atom stereocenters. The van der Waals surface area contributed by atoms with Crippen LogP contribution >= 0.6 is 11.8 Å². The highest BCUT2D eigenvalue weighted by Crippen LogP contribution is 2.40. The van der Waals surface area contributed by atoms with Crippen molar-refractivity contribution >= 4 is 29.5 Å². The van der Waals surface area contributed by atoms with Gasteiger partial charge in [-0.25, -0.2) is 0 Å². The maximum Gasteiger partial charge on any atom is 0.321 e. The number of hydrogen-bond acceptors (Lipinski definition) is 10. The summed E-state index contributed by atoms with van der Waals surface area (Å²) in [5, 5.41) is 0. The van der Waals surface area contributed by atoms with Crippen molar-refractivity contribution in [3.05, 3.63) is 66.2 Å². The minimum atomic E-state index is -0.890. The molecule has 4 rings (SSSR count). The zero-order valence-corrected chi connectivity index (χ0v) is 20.8. The molecular formula is C26H29NO8S. The molecule has 0 radical (unpaired) electrons. The van der Waals surface area contributed by atoms with Crippen LogP contribution in [0.15, 0.2) is 65.6 Å². The third-order valence-electron chi connectivity index (χ3n) is 5.69. The van der Waals surface area contributed by atoms with Crippen LogP contribution in [0.2, 0.25) is 0 Å². The number of carbonyl (C=O) groups excluding carboxylic acids is 3. The van der Waals surface area contributed by atoms with Gasteiger partial charge in [0.1, 0.15) is 29.5 Å². The lowest BCUT2D eigenvalue weighted by Crippen LogP contribution is -2.66. The van der Waals surface area contributed by atoms with E-state index in [4.69, 9.17) is 23.8 Å². The van der Waals surface area contributed by atoms with Gasteiger partial charge in [-0.15, -0.1) is 5.48 Å². The fourth-order valence-electron chi connectivity index (χ4n) is 3.99. The Bertz CT molecular complexity index is 1040. The molecule has 2 fully saturated rings. The zero-order chi connectivity index (χ0) is 25.5. The number of benzene rings is 2. The first-order chi connectivity index (χ1) is 17.4. The Hall–Kier alpha value is -2.76. The Kier molecular flexibility index (Phi) is 9.11. The molecule has 2 aromatic carbocycles. The Morgan fingerprint density at radius 3 is 2.33 bits per heavy atom. The van der Waals surface area contributed by atoms with Gasteiger partial charge < -0.3 is 28.6 Å². The van der Waals surface area contributed by atoms with E-state index in [2.05, 4.69) is 5.48 Å². The summed E-state index contributed by atoms with van der Waals surface area (Å²) in [6.07, 6.45) is -2.85. The molecular weight excluding hydrogens is 486 g/mol. The topological polar surface area (TPSA) is 109 Å². The van der Waals surface area contributed by atoms with Crippen LogP contribution in [0.25, 0.3) is 0 Å². The van der Waals surface area contributed by atoms with Gasteiger partial charge in [0.2, 0.25) is 0 Å². The van der Waals surface area contributed by atoms with Crippen LogP contribution in [0.3, 0.4) is 0 Å². The van der Waals surface area contributed by atoms with Crippen LogP contribution in [0, 0.1) is 0 Å². The summed E-state index contributed by atoms with van der Waals surface area (Å²) in [5.74, 6) is -1.23. The molecule has 0 saturated carbocycles. The Morgan fingerprint density at radius 2 is 1.67 bits per heavy atom. The van der Waals surface area contributed by atoms with E-state index in [9.17, 15) is 14.4 Å².